The van der Waals surface area contributed by atoms with E-state index in [4.69, 9.17) is 0 Å². The summed E-state index contributed by atoms with van der Waals surface area (Å²) in [5.41, 5.74) is 3.28. The fraction of sp³-hybridized carbons (Fsp3) is 0.500. The van der Waals surface area contributed by atoms with Crippen molar-refractivity contribution in [3.63, 3.8) is 0 Å². The van der Waals surface area contributed by atoms with Crippen molar-refractivity contribution in [2.45, 2.75) is 25.8 Å². The van der Waals surface area contributed by atoms with Gasteiger partial charge in [-0.2, -0.15) is 0 Å². The van der Waals surface area contributed by atoms with Crippen LogP contribution in [-0.2, 0) is 9.59 Å². The molecule has 2 aliphatic heterocycles. The van der Waals surface area contributed by atoms with E-state index in [1.165, 1.54) is 5.69 Å². The minimum Gasteiger partial charge on any atom is -0.373 e. The molecule has 0 bridgehead atoms. The average molecular weight is 302 g/mol. The molecule has 22 heavy (non-hydrogen) atoms. The fourth-order valence-corrected chi connectivity index (χ4v) is 2.95. The molecule has 1 unspecified atom stereocenters. The molecular formula is C16H22N4O2. The minimum absolute atomic E-state index is 0.186. The van der Waals surface area contributed by atoms with Gasteiger partial charge < -0.3 is 15.5 Å². The van der Waals surface area contributed by atoms with Crippen LogP contribution in [0.2, 0.25) is 0 Å². The second kappa shape index (κ2) is 6.36. The molecule has 0 saturated carbocycles. The van der Waals surface area contributed by atoms with Gasteiger partial charge in [-0.25, -0.2) is 0 Å². The Morgan fingerprint density at radius 3 is 2.68 bits per heavy atom. The normalized spacial score (nSPS) is 22.4. The van der Waals surface area contributed by atoms with Crippen molar-refractivity contribution < 1.29 is 9.59 Å². The highest BCUT2D eigenvalue weighted by atomic mass is 16.2. The molecule has 2 fully saturated rings. The molecule has 118 valence electrons. The summed E-state index contributed by atoms with van der Waals surface area (Å²) in [6.07, 6.45) is 0.935. The summed E-state index contributed by atoms with van der Waals surface area (Å²) in [4.78, 5) is 25.4. The van der Waals surface area contributed by atoms with E-state index in [9.17, 15) is 9.59 Å². The first kappa shape index (κ1) is 14.8. The Morgan fingerprint density at radius 1 is 1.23 bits per heavy atom. The molecule has 2 heterocycles. The van der Waals surface area contributed by atoms with Crippen molar-refractivity contribution in [1.82, 2.24) is 10.6 Å². The zero-order chi connectivity index (χ0) is 15.5. The lowest BCUT2D eigenvalue weighted by atomic mass is 10.0. The van der Waals surface area contributed by atoms with Crippen LogP contribution < -0.4 is 20.9 Å². The summed E-state index contributed by atoms with van der Waals surface area (Å²) in [5.74, 6) is -0.421. The standard InChI is InChI=1S/C16H22N4O2/c1-11-10-12(20-8-6-17-7-9-20)2-3-13(11)18-14-4-5-15(21)19-16(14)22/h2-3,10,14,17-18H,4-9H2,1H3,(H,19,21,22). The van der Waals surface area contributed by atoms with Crippen LogP contribution >= 0.6 is 0 Å². The number of imide groups is 1. The van der Waals surface area contributed by atoms with Crippen LogP contribution in [0.3, 0.4) is 0 Å². The van der Waals surface area contributed by atoms with Gasteiger partial charge >= 0.3 is 0 Å². The van der Waals surface area contributed by atoms with E-state index in [1.54, 1.807) is 0 Å². The molecule has 2 saturated heterocycles. The zero-order valence-corrected chi connectivity index (χ0v) is 12.8. The first-order valence-electron chi connectivity index (χ1n) is 7.80. The van der Waals surface area contributed by atoms with Crippen LogP contribution in [0.4, 0.5) is 11.4 Å². The van der Waals surface area contributed by atoms with Gasteiger partial charge in [0.25, 0.3) is 0 Å². The van der Waals surface area contributed by atoms with Crippen LogP contribution in [0.25, 0.3) is 0 Å². The van der Waals surface area contributed by atoms with Gasteiger partial charge in [0.2, 0.25) is 11.8 Å². The van der Waals surface area contributed by atoms with Crippen LogP contribution in [0.1, 0.15) is 18.4 Å². The van der Waals surface area contributed by atoms with E-state index >= 15 is 0 Å². The van der Waals surface area contributed by atoms with Gasteiger partial charge in [0, 0.05) is 44.0 Å². The van der Waals surface area contributed by atoms with E-state index in [-0.39, 0.29) is 17.9 Å². The molecule has 2 aliphatic rings. The number of aryl methyl sites for hydroxylation is 1. The molecule has 1 aromatic carbocycles. The average Bonchev–Trinajstić information content (AvgIpc) is 2.52. The highest BCUT2D eigenvalue weighted by Crippen LogP contribution is 2.24. The first-order valence-corrected chi connectivity index (χ1v) is 7.80. The Kier molecular flexibility index (Phi) is 4.29. The number of hydrogen-bond donors (Lipinski definition) is 3. The number of carbonyl (C=O) groups is 2. The summed E-state index contributed by atoms with van der Waals surface area (Å²) in [7, 11) is 0. The van der Waals surface area contributed by atoms with E-state index < -0.39 is 0 Å². The van der Waals surface area contributed by atoms with E-state index in [0.717, 1.165) is 37.4 Å². The van der Waals surface area contributed by atoms with Crippen molar-refractivity contribution in [3.8, 4) is 0 Å². The molecule has 6 heteroatoms. The molecule has 0 spiro atoms. The van der Waals surface area contributed by atoms with E-state index in [1.807, 2.05) is 13.0 Å². The Morgan fingerprint density at radius 2 is 2.00 bits per heavy atom. The Labute approximate surface area is 130 Å². The molecule has 3 rings (SSSR count). The highest BCUT2D eigenvalue weighted by Gasteiger charge is 2.26. The second-order valence-corrected chi connectivity index (χ2v) is 5.88. The molecular weight excluding hydrogens is 280 g/mol. The number of rotatable bonds is 3. The third kappa shape index (κ3) is 3.22. The van der Waals surface area contributed by atoms with Gasteiger partial charge in [-0.3, -0.25) is 14.9 Å². The lowest BCUT2D eigenvalue weighted by molar-refractivity contribution is -0.133. The molecule has 1 aromatic rings. The van der Waals surface area contributed by atoms with Crippen molar-refractivity contribution in [3.05, 3.63) is 23.8 Å². The molecule has 0 aliphatic carbocycles. The monoisotopic (exact) mass is 302 g/mol. The number of carbonyl (C=O) groups excluding carboxylic acids is 2. The van der Waals surface area contributed by atoms with Crippen molar-refractivity contribution in [2.24, 2.45) is 0 Å². The maximum Gasteiger partial charge on any atom is 0.249 e. The molecule has 6 nitrogen and oxygen atoms in total. The van der Waals surface area contributed by atoms with Gasteiger partial charge in [0.1, 0.15) is 6.04 Å². The lowest BCUT2D eigenvalue weighted by Crippen LogP contribution is -2.47. The van der Waals surface area contributed by atoms with Crippen molar-refractivity contribution >= 4 is 23.2 Å². The zero-order valence-electron chi connectivity index (χ0n) is 12.8. The van der Waals surface area contributed by atoms with Gasteiger partial charge in [0.05, 0.1) is 0 Å². The number of nitrogens with one attached hydrogen (secondary N) is 3. The Balaban J connectivity index is 1.69. The fourth-order valence-electron chi connectivity index (χ4n) is 2.95. The van der Waals surface area contributed by atoms with Crippen LogP contribution in [0.5, 0.6) is 0 Å². The smallest absolute Gasteiger partial charge is 0.249 e. The topological polar surface area (TPSA) is 73.5 Å². The Bertz CT molecular complexity index is 582. The third-order valence-electron chi connectivity index (χ3n) is 4.26. The van der Waals surface area contributed by atoms with E-state index in [0.29, 0.717) is 12.8 Å². The minimum atomic E-state index is -0.332. The van der Waals surface area contributed by atoms with Gasteiger partial charge in [-0.15, -0.1) is 0 Å². The van der Waals surface area contributed by atoms with Crippen LogP contribution in [0.15, 0.2) is 18.2 Å². The van der Waals surface area contributed by atoms with Crippen LogP contribution in [0, 0.1) is 6.92 Å². The summed E-state index contributed by atoms with van der Waals surface area (Å²) in [5, 5.41) is 8.98. The number of anilines is 2. The quantitative estimate of drug-likeness (QED) is 0.714. The number of nitrogens with zero attached hydrogens (tertiary/aromatic N) is 1. The van der Waals surface area contributed by atoms with Crippen molar-refractivity contribution in [2.75, 3.05) is 36.4 Å². The summed E-state index contributed by atoms with van der Waals surface area (Å²) in [6.45, 7) is 6.09. The SMILES string of the molecule is Cc1cc(N2CCNCC2)ccc1NC1CCC(=O)NC1=O. The maximum atomic E-state index is 11.8. The predicted molar refractivity (Wildman–Crippen MR) is 86.1 cm³/mol. The van der Waals surface area contributed by atoms with Crippen LogP contribution in [-0.4, -0.2) is 44.0 Å². The van der Waals surface area contributed by atoms with E-state index in [2.05, 4.69) is 33.0 Å². The maximum absolute atomic E-state index is 11.8. The Hall–Kier alpha value is -2.08. The number of benzene rings is 1. The summed E-state index contributed by atoms with van der Waals surface area (Å²) >= 11 is 0. The van der Waals surface area contributed by atoms with Gasteiger partial charge in [-0.1, -0.05) is 0 Å². The number of hydrogen-bond acceptors (Lipinski definition) is 5. The first-order chi connectivity index (χ1) is 10.6. The van der Waals surface area contributed by atoms with Crippen molar-refractivity contribution in [1.29, 1.82) is 0 Å². The predicted octanol–water partition coefficient (Wildman–Crippen LogP) is 0.622. The number of amides is 2. The number of piperazine rings is 1. The summed E-state index contributed by atoms with van der Waals surface area (Å²) < 4.78 is 0. The van der Waals surface area contributed by atoms with Gasteiger partial charge in [-0.05, 0) is 37.1 Å². The highest BCUT2D eigenvalue weighted by molar-refractivity contribution is 6.01. The summed E-state index contributed by atoms with van der Waals surface area (Å²) in [6, 6.07) is 5.93. The van der Waals surface area contributed by atoms with Gasteiger partial charge in [0.15, 0.2) is 0 Å². The second-order valence-electron chi connectivity index (χ2n) is 5.88. The molecule has 2 amide bonds. The number of piperidine rings is 1. The molecule has 3 N–H and O–H groups in total. The molecule has 1 atom stereocenters. The third-order valence-corrected chi connectivity index (χ3v) is 4.26. The molecule has 0 aromatic heterocycles. The lowest BCUT2D eigenvalue weighted by Gasteiger charge is -2.30. The largest absolute Gasteiger partial charge is 0.373 e. The molecule has 0 radical (unpaired) electrons.